The molecule has 0 heterocycles. The van der Waals surface area contributed by atoms with E-state index >= 15 is 0 Å². The first-order valence-corrected chi connectivity index (χ1v) is 11.4. The van der Waals surface area contributed by atoms with Gasteiger partial charge in [0, 0.05) is 5.56 Å². The highest BCUT2D eigenvalue weighted by Gasteiger charge is 2.26. The van der Waals surface area contributed by atoms with Gasteiger partial charge in [-0.05, 0) is 36.2 Å². The Morgan fingerprint density at radius 1 is 0.846 bits per heavy atom. The van der Waals surface area contributed by atoms with Gasteiger partial charge < -0.3 is 14.2 Å². The van der Waals surface area contributed by atoms with Crippen molar-refractivity contribution in [3.05, 3.63) is 77.9 Å². The molecule has 3 nitrogen and oxygen atoms in total. The third-order valence-electron chi connectivity index (χ3n) is 3.99. The molecule has 0 radical (unpaired) electrons. The van der Waals surface area contributed by atoms with Crippen LogP contribution in [0.1, 0.15) is 30.2 Å². The smallest absolute Gasteiger partial charge is 0.238 e. The van der Waals surface area contributed by atoms with Gasteiger partial charge in [-0.3, -0.25) is 0 Å². The van der Waals surface area contributed by atoms with Gasteiger partial charge in [0.1, 0.15) is 5.75 Å². The van der Waals surface area contributed by atoms with Crippen LogP contribution in [0, 0.1) is 0 Å². The molecule has 0 saturated carbocycles. The van der Waals surface area contributed by atoms with Crippen molar-refractivity contribution in [1.29, 1.82) is 0 Å². The molecule has 0 amide bonds. The van der Waals surface area contributed by atoms with Gasteiger partial charge in [0.15, 0.2) is 0 Å². The van der Waals surface area contributed by atoms with E-state index in [2.05, 4.69) is 30.3 Å². The molecule has 3 aromatic rings. The molecule has 0 aliphatic carbocycles. The monoisotopic (exact) mass is 386 g/mol. The van der Waals surface area contributed by atoms with Gasteiger partial charge in [-0.2, -0.15) is 0 Å². The Labute approximate surface area is 160 Å². The average molecular weight is 386 g/mol. The highest BCUT2D eigenvalue weighted by molar-refractivity contribution is 8.53. The fourth-order valence-corrected chi connectivity index (χ4v) is 6.48. The third kappa shape index (κ3) is 4.39. The minimum Gasteiger partial charge on any atom is -0.508 e. The van der Waals surface area contributed by atoms with E-state index in [4.69, 9.17) is 9.05 Å². The van der Waals surface area contributed by atoms with Crippen LogP contribution in [0.15, 0.2) is 66.7 Å². The molecule has 5 heteroatoms. The van der Waals surface area contributed by atoms with Crippen molar-refractivity contribution in [3.8, 4) is 5.75 Å². The lowest BCUT2D eigenvalue weighted by atomic mass is 9.97. The maximum Gasteiger partial charge on any atom is 0.238 e. The summed E-state index contributed by atoms with van der Waals surface area (Å²) in [5.41, 5.74) is 2.03. The number of phenolic OH excluding ortho intramolecular Hbond substituents is 1. The normalized spacial score (nSPS) is 12.6. The van der Waals surface area contributed by atoms with Crippen molar-refractivity contribution in [2.24, 2.45) is 0 Å². The van der Waals surface area contributed by atoms with Crippen LogP contribution in [0.2, 0.25) is 0 Å². The number of hydrogen-bond donors (Lipinski definition) is 1. The fraction of sp³-hybridized carbons (Fsp3) is 0.238. The van der Waals surface area contributed by atoms with E-state index in [9.17, 15) is 5.11 Å². The Hall–Kier alpha value is -1.58. The SMILES string of the molecule is CCOP(OCC)SC(c1ccccc1O)c1cccc2ccccc12. The summed E-state index contributed by atoms with van der Waals surface area (Å²) in [5.74, 6) is 0.292. The maximum atomic E-state index is 10.5. The van der Waals surface area contributed by atoms with E-state index < -0.39 is 7.58 Å². The zero-order valence-corrected chi connectivity index (χ0v) is 16.7. The summed E-state index contributed by atoms with van der Waals surface area (Å²) in [7, 11) is -1.11. The van der Waals surface area contributed by atoms with Gasteiger partial charge in [-0.15, -0.1) is 0 Å². The zero-order chi connectivity index (χ0) is 18.4. The summed E-state index contributed by atoms with van der Waals surface area (Å²) < 4.78 is 11.7. The number of rotatable bonds is 8. The number of phenols is 1. The molecule has 0 aliphatic heterocycles. The van der Waals surface area contributed by atoms with Crippen molar-refractivity contribution >= 4 is 29.7 Å². The van der Waals surface area contributed by atoms with Crippen LogP contribution in [0.3, 0.4) is 0 Å². The number of hydrogen-bond acceptors (Lipinski definition) is 4. The van der Waals surface area contributed by atoms with Crippen molar-refractivity contribution in [3.63, 3.8) is 0 Å². The Morgan fingerprint density at radius 3 is 2.19 bits per heavy atom. The molecule has 0 fully saturated rings. The maximum absolute atomic E-state index is 10.5. The van der Waals surface area contributed by atoms with Crippen molar-refractivity contribution in [1.82, 2.24) is 0 Å². The highest BCUT2D eigenvalue weighted by atomic mass is 32.7. The van der Waals surface area contributed by atoms with Gasteiger partial charge in [0.25, 0.3) is 0 Å². The lowest BCUT2D eigenvalue weighted by Gasteiger charge is -2.24. The van der Waals surface area contributed by atoms with Gasteiger partial charge >= 0.3 is 0 Å². The molecule has 3 aromatic carbocycles. The molecular weight excluding hydrogens is 363 g/mol. The van der Waals surface area contributed by atoms with Crippen molar-refractivity contribution in [2.75, 3.05) is 13.2 Å². The topological polar surface area (TPSA) is 38.7 Å². The van der Waals surface area contributed by atoms with Crippen LogP contribution in [0.25, 0.3) is 10.8 Å². The molecule has 0 aliphatic rings. The molecule has 1 N–H and O–H groups in total. The van der Waals surface area contributed by atoms with Crippen LogP contribution >= 0.6 is 19.0 Å². The summed E-state index contributed by atoms with van der Waals surface area (Å²) in [5, 5.41) is 12.8. The fourth-order valence-electron chi connectivity index (χ4n) is 2.86. The van der Waals surface area contributed by atoms with E-state index in [0.29, 0.717) is 19.0 Å². The van der Waals surface area contributed by atoms with Crippen LogP contribution in [-0.4, -0.2) is 18.3 Å². The quantitative estimate of drug-likeness (QED) is 0.439. The van der Waals surface area contributed by atoms with Gasteiger partial charge in [-0.25, -0.2) is 0 Å². The van der Waals surface area contributed by atoms with Gasteiger partial charge in [0.2, 0.25) is 7.58 Å². The first kappa shape index (κ1) is 19.2. The minimum atomic E-state index is -1.11. The summed E-state index contributed by atoms with van der Waals surface area (Å²) in [6, 6.07) is 22.1. The minimum absolute atomic E-state index is 0.0773. The molecule has 3 rings (SSSR count). The van der Waals surface area contributed by atoms with E-state index in [1.165, 1.54) is 10.8 Å². The molecular formula is C21H23O3PS. The van der Waals surface area contributed by atoms with Crippen molar-refractivity contribution in [2.45, 2.75) is 19.1 Å². The number of fused-ring (bicyclic) bond motifs is 1. The number of para-hydroxylation sites is 1. The Bertz CT molecular complexity index is 844. The van der Waals surface area contributed by atoms with Crippen LogP contribution in [0.5, 0.6) is 5.75 Å². The molecule has 26 heavy (non-hydrogen) atoms. The Morgan fingerprint density at radius 2 is 1.46 bits per heavy atom. The molecule has 0 spiro atoms. The lowest BCUT2D eigenvalue weighted by Crippen LogP contribution is -2.00. The summed E-state index contributed by atoms with van der Waals surface area (Å²) in [4.78, 5) is 0. The van der Waals surface area contributed by atoms with E-state index in [1.54, 1.807) is 17.4 Å². The Kier molecular flexibility index (Phi) is 6.93. The van der Waals surface area contributed by atoms with Crippen LogP contribution in [-0.2, 0) is 9.05 Å². The first-order chi connectivity index (χ1) is 12.7. The zero-order valence-electron chi connectivity index (χ0n) is 15.0. The summed E-state index contributed by atoms with van der Waals surface area (Å²) >= 11 is 1.63. The molecule has 1 unspecified atom stereocenters. The van der Waals surface area contributed by atoms with E-state index in [1.807, 2.05) is 44.2 Å². The molecule has 136 valence electrons. The largest absolute Gasteiger partial charge is 0.508 e. The van der Waals surface area contributed by atoms with E-state index in [0.717, 1.165) is 11.1 Å². The number of benzene rings is 3. The van der Waals surface area contributed by atoms with Gasteiger partial charge in [0.05, 0.1) is 18.5 Å². The molecule has 1 atom stereocenters. The second kappa shape index (κ2) is 9.38. The average Bonchev–Trinajstić information content (AvgIpc) is 2.67. The van der Waals surface area contributed by atoms with Crippen LogP contribution in [0.4, 0.5) is 0 Å². The van der Waals surface area contributed by atoms with Crippen LogP contribution < -0.4 is 0 Å². The number of aromatic hydroxyl groups is 1. The second-order valence-electron chi connectivity index (χ2n) is 5.67. The predicted molar refractivity (Wildman–Crippen MR) is 112 cm³/mol. The first-order valence-electron chi connectivity index (χ1n) is 8.72. The second-order valence-corrected chi connectivity index (χ2v) is 8.84. The standard InChI is InChI=1S/C21H23O3PS/c1-3-23-25(24-4-2)26-21(19-13-7-8-15-20(19)22)18-14-9-11-16-10-5-6-12-17(16)18/h5-15,21-22H,3-4H2,1-2H3. The van der Waals surface area contributed by atoms with Crippen molar-refractivity contribution < 1.29 is 14.2 Å². The van der Waals surface area contributed by atoms with Gasteiger partial charge in [-0.1, -0.05) is 72.0 Å². The summed E-state index contributed by atoms with van der Waals surface area (Å²) in [6.45, 7) is 5.15. The molecule has 0 saturated heterocycles. The summed E-state index contributed by atoms with van der Waals surface area (Å²) in [6.07, 6.45) is 0. The van der Waals surface area contributed by atoms with E-state index in [-0.39, 0.29) is 5.25 Å². The highest BCUT2D eigenvalue weighted by Crippen LogP contribution is 2.61. The lowest BCUT2D eigenvalue weighted by molar-refractivity contribution is 0.283. The molecule has 0 bridgehead atoms. The predicted octanol–water partition coefficient (Wildman–Crippen LogP) is 6.67. The molecule has 0 aromatic heterocycles. The third-order valence-corrected chi connectivity index (χ3v) is 7.60. The Balaban J connectivity index is 2.09.